The zero-order valence-corrected chi connectivity index (χ0v) is 11.1. The van der Waals surface area contributed by atoms with Gasteiger partial charge < -0.3 is 4.90 Å². The highest BCUT2D eigenvalue weighted by atomic mass is 16.2. The Bertz CT molecular complexity index is 656. The van der Waals surface area contributed by atoms with Gasteiger partial charge in [0.1, 0.15) is 6.33 Å². The van der Waals surface area contributed by atoms with E-state index in [1.165, 1.54) is 0 Å². The van der Waals surface area contributed by atoms with Crippen LogP contribution in [0.2, 0.25) is 0 Å². The van der Waals surface area contributed by atoms with Crippen molar-refractivity contribution >= 4 is 5.91 Å². The quantitative estimate of drug-likeness (QED) is 0.795. The third-order valence-electron chi connectivity index (χ3n) is 4.37. The maximum absolute atomic E-state index is 12.8. The molecule has 3 heterocycles. The molecule has 0 radical (unpaired) electrons. The molecule has 0 aliphatic carbocycles. The van der Waals surface area contributed by atoms with E-state index in [1.54, 1.807) is 6.33 Å². The summed E-state index contributed by atoms with van der Waals surface area (Å²) in [7, 11) is 0. The Labute approximate surface area is 117 Å². The van der Waals surface area contributed by atoms with Crippen LogP contribution in [0.3, 0.4) is 0 Å². The lowest BCUT2D eigenvalue weighted by Gasteiger charge is -2.35. The fourth-order valence-electron chi connectivity index (χ4n) is 3.46. The second kappa shape index (κ2) is 4.40. The maximum atomic E-state index is 12.8. The van der Waals surface area contributed by atoms with Crippen LogP contribution in [0.1, 0.15) is 40.5 Å². The van der Waals surface area contributed by atoms with E-state index < -0.39 is 0 Å². The van der Waals surface area contributed by atoms with Gasteiger partial charge in [-0.1, -0.05) is 18.2 Å². The van der Waals surface area contributed by atoms with Crippen LogP contribution in [-0.4, -0.2) is 26.8 Å². The summed E-state index contributed by atoms with van der Waals surface area (Å²) < 4.78 is 0. The molecule has 20 heavy (non-hydrogen) atoms. The molecule has 1 amide bonds. The Morgan fingerprint density at radius 3 is 2.90 bits per heavy atom. The Morgan fingerprint density at radius 1 is 1.20 bits per heavy atom. The van der Waals surface area contributed by atoms with E-state index in [1.807, 2.05) is 41.4 Å². The minimum Gasteiger partial charge on any atom is -0.328 e. The first-order valence-electron chi connectivity index (χ1n) is 7.01. The zero-order valence-electron chi connectivity index (χ0n) is 11.1. The van der Waals surface area contributed by atoms with Gasteiger partial charge >= 0.3 is 0 Å². The summed E-state index contributed by atoms with van der Waals surface area (Å²) in [6, 6.07) is 9.97. The molecule has 1 aromatic heterocycles. The number of carbonyl (C=O) groups is 1. The zero-order chi connectivity index (χ0) is 13.5. The van der Waals surface area contributed by atoms with Gasteiger partial charge in [0.25, 0.3) is 5.91 Å². The lowest BCUT2D eigenvalue weighted by atomic mass is 9.98. The SMILES string of the molecule is O=C(c1ccccc1)N1C2CCC1c1cncnc1C2. The van der Waals surface area contributed by atoms with E-state index in [0.717, 1.165) is 36.1 Å². The smallest absolute Gasteiger partial charge is 0.254 e. The molecular formula is C16H15N3O. The molecule has 2 bridgehead atoms. The van der Waals surface area contributed by atoms with E-state index >= 15 is 0 Å². The number of nitrogens with zero attached hydrogens (tertiary/aromatic N) is 3. The molecule has 4 rings (SSSR count). The number of amides is 1. The average molecular weight is 265 g/mol. The fourth-order valence-corrected chi connectivity index (χ4v) is 3.46. The molecule has 2 aliphatic rings. The number of hydrogen-bond donors (Lipinski definition) is 0. The second-order valence-corrected chi connectivity index (χ2v) is 5.45. The number of carbonyl (C=O) groups excluding carboxylic acids is 1. The normalized spacial score (nSPS) is 23.5. The first-order chi connectivity index (χ1) is 9.84. The fraction of sp³-hybridized carbons (Fsp3) is 0.312. The van der Waals surface area contributed by atoms with Gasteiger partial charge in [-0.05, 0) is 25.0 Å². The van der Waals surface area contributed by atoms with Crippen molar-refractivity contribution in [2.24, 2.45) is 0 Å². The predicted octanol–water partition coefficient (Wildman–Crippen LogP) is 2.38. The van der Waals surface area contributed by atoms with Gasteiger partial charge in [0.05, 0.1) is 11.7 Å². The highest BCUT2D eigenvalue weighted by Gasteiger charge is 2.43. The summed E-state index contributed by atoms with van der Waals surface area (Å²) in [4.78, 5) is 23.3. The van der Waals surface area contributed by atoms with Crippen molar-refractivity contribution < 1.29 is 4.79 Å². The summed E-state index contributed by atoms with van der Waals surface area (Å²) in [5.74, 6) is 0.132. The first-order valence-corrected chi connectivity index (χ1v) is 7.01. The number of aromatic nitrogens is 2. The largest absolute Gasteiger partial charge is 0.328 e. The van der Waals surface area contributed by atoms with Crippen LogP contribution in [0.25, 0.3) is 0 Å². The number of benzene rings is 1. The Kier molecular flexibility index (Phi) is 2.55. The molecule has 2 unspecified atom stereocenters. The topological polar surface area (TPSA) is 46.1 Å². The van der Waals surface area contributed by atoms with Crippen LogP contribution < -0.4 is 0 Å². The highest BCUT2D eigenvalue weighted by molar-refractivity contribution is 5.95. The third-order valence-corrected chi connectivity index (χ3v) is 4.37. The molecule has 2 aliphatic heterocycles. The van der Waals surface area contributed by atoms with Crippen LogP contribution in [0.15, 0.2) is 42.9 Å². The highest BCUT2D eigenvalue weighted by Crippen LogP contribution is 2.43. The van der Waals surface area contributed by atoms with Crippen LogP contribution in [0.4, 0.5) is 0 Å². The number of rotatable bonds is 1. The van der Waals surface area contributed by atoms with Crippen LogP contribution in [0, 0.1) is 0 Å². The first kappa shape index (κ1) is 11.6. The number of hydrogen-bond acceptors (Lipinski definition) is 3. The van der Waals surface area contributed by atoms with Gasteiger partial charge in [0.2, 0.25) is 0 Å². The molecule has 0 spiro atoms. The standard InChI is InChI=1S/C16H15N3O/c20-16(11-4-2-1-3-5-11)19-12-6-7-15(19)13-9-17-10-18-14(13)8-12/h1-5,9-10,12,15H,6-8H2. The van der Waals surface area contributed by atoms with Crippen LogP contribution >= 0.6 is 0 Å². The van der Waals surface area contributed by atoms with Crippen molar-refractivity contribution in [2.75, 3.05) is 0 Å². The maximum Gasteiger partial charge on any atom is 0.254 e. The minimum atomic E-state index is 0.132. The van der Waals surface area contributed by atoms with Crippen molar-refractivity contribution in [3.8, 4) is 0 Å². The van der Waals surface area contributed by atoms with E-state index in [2.05, 4.69) is 9.97 Å². The molecule has 100 valence electrons. The lowest BCUT2D eigenvalue weighted by molar-refractivity contribution is 0.0644. The van der Waals surface area contributed by atoms with Crippen LogP contribution in [0.5, 0.6) is 0 Å². The summed E-state index contributed by atoms with van der Waals surface area (Å²) in [5.41, 5.74) is 3.01. The van der Waals surface area contributed by atoms with E-state index in [0.29, 0.717) is 0 Å². The molecule has 1 aromatic carbocycles. The molecule has 4 nitrogen and oxygen atoms in total. The monoisotopic (exact) mass is 265 g/mol. The van der Waals surface area contributed by atoms with Gasteiger partial charge in [-0.15, -0.1) is 0 Å². The van der Waals surface area contributed by atoms with Crippen molar-refractivity contribution in [1.29, 1.82) is 0 Å². The number of fused-ring (bicyclic) bond motifs is 4. The Morgan fingerprint density at radius 2 is 2.05 bits per heavy atom. The molecule has 2 atom stereocenters. The van der Waals surface area contributed by atoms with Crippen LogP contribution in [-0.2, 0) is 6.42 Å². The van der Waals surface area contributed by atoms with Gasteiger partial charge in [0.15, 0.2) is 0 Å². The van der Waals surface area contributed by atoms with Gasteiger partial charge in [0, 0.05) is 29.8 Å². The molecule has 0 saturated carbocycles. The summed E-state index contributed by atoms with van der Waals surface area (Å²) >= 11 is 0. The molecule has 1 fully saturated rings. The molecular weight excluding hydrogens is 250 g/mol. The van der Waals surface area contributed by atoms with Gasteiger partial charge in [-0.3, -0.25) is 4.79 Å². The lowest BCUT2D eigenvalue weighted by Crippen LogP contribution is -2.42. The van der Waals surface area contributed by atoms with E-state index in [-0.39, 0.29) is 18.0 Å². The molecule has 4 heteroatoms. The second-order valence-electron chi connectivity index (χ2n) is 5.45. The van der Waals surface area contributed by atoms with Crippen molar-refractivity contribution in [3.63, 3.8) is 0 Å². The van der Waals surface area contributed by atoms with Crippen molar-refractivity contribution in [2.45, 2.75) is 31.3 Å². The summed E-state index contributed by atoms with van der Waals surface area (Å²) in [6.45, 7) is 0. The third kappa shape index (κ3) is 1.64. The van der Waals surface area contributed by atoms with E-state index in [9.17, 15) is 4.79 Å². The van der Waals surface area contributed by atoms with Crippen molar-refractivity contribution in [1.82, 2.24) is 14.9 Å². The average Bonchev–Trinajstić information content (AvgIpc) is 2.82. The Balaban J connectivity index is 1.73. The summed E-state index contributed by atoms with van der Waals surface area (Å²) in [6.07, 6.45) is 6.41. The molecule has 2 aromatic rings. The minimum absolute atomic E-state index is 0.132. The molecule has 0 N–H and O–H groups in total. The molecule has 1 saturated heterocycles. The Hall–Kier alpha value is -2.23. The van der Waals surface area contributed by atoms with Gasteiger partial charge in [-0.2, -0.15) is 0 Å². The summed E-state index contributed by atoms with van der Waals surface area (Å²) in [5, 5.41) is 0. The van der Waals surface area contributed by atoms with Crippen molar-refractivity contribution in [3.05, 3.63) is 59.7 Å². The van der Waals surface area contributed by atoms with Gasteiger partial charge in [-0.25, -0.2) is 9.97 Å². The van der Waals surface area contributed by atoms with E-state index in [4.69, 9.17) is 0 Å². The predicted molar refractivity (Wildman–Crippen MR) is 74.1 cm³/mol.